The van der Waals surface area contributed by atoms with E-state index in [-0.39, 0.29) is 13.2 Å². The molecule has 0 aliphatic heterocycles. The van der Waals surface area contributed by atoms with E-state index < -0.39 is 5.97 Å². The van der Waals surface area contributed by atoms with Crippen molar-refractivity contribution in [2.45, 2.75) is 32.6 Å². The number of carbonyl (C=O) groups excluding carboxylic acids is 1. The quantitative estimate of drug-likeness (QED) is 0.560. The molecule has 0 radical (unpaired) electrons. The Morgan fingerprint density at radius 2 is 2.05 bits per heavy atom. The third-order valence-electron chi connectivity index (χ3n) is 2.75. The summed E-state index contributed by atoms with van der Waals surface area (Å²) in [7, 11) is 0. The van der Waals surface area contributed by atoms with Crippen LogP contribution in [0.25, 0.3) is 0 Å². The first kappa shape index (κ1) is 16.8. The molecule has 0 spiro atoms. The van der Waals surface area contributed by atoms with E-state index in [1.165, 1.54) is 18.9 Å². The van der Waals surface area contributed by atoms with Crippen molar-refractivity contribution in [3.8, 4) is 5.75 Å². The van der Waals surface area contributed by atoms with Crippen LogP contribution in [0.3, 0.4) is 0 Å². The summed E-state index contributed by atoms with van der Waals surface area (Å²) in [5, 5.41) is 8.98. The third kappa shape index (κ3) is 5.80. The van der Waals surface area contributed by atoms with Crippen molar-refractivity contribution in [1.82, 2.24) is 0 Å². The van der Waals surface area contributed by atoms with Crippen LogP contribution in [-0.2, 0) is 4.74 Å². The zero-order chi connectivity index (χ0) is 14.8. The Balaban J connectivity index is 2.48. The monoisotopic (exact) mass is 300 g/mol. The van der Waals surface area contributed by atoms with Crippen molar-refractivity contribution in [2.75, 3.05) is 19.8 Å². The molecule has 0 atom stereocenters. The number of carbonyl (C=O) groups is 1. The van der Waals surface area contributed by atoms with Gasteiger partial charge >= 0.3 is 5.97 Å². The fourth-order valence-corrected chi connectivity index (χ4v) is 1.91. The van der Waals surface area contributed by atoms with Gasteiger partial charge < -0.3 is 14.6 Å². The van der Waals surface area contributed by atoms with Crippen LogP contribution in [0.15, 0.2) is 18.2 Å². The molecular weight excluding hydrogens is 280 g/mol. The standard InChI is InChI=1S/C15H21ClO4/c1-2-3-4-5-9-19-14-7-6-12(11-13(14)16)15(18)20-10-8-17/h6-7,11,17H,2-5,8-10H2,1H3. The minimum Gasteiger partial charge on any atom is -0.492 e. The summed E-state index contributed by atoms with van der Waals surface area (Å²) in [6.45, 7) is 2.56. The summed E-state index contributed by atoms with van der Waals surface area (Å²) in [5.41, 5.74) is 0.349. The van der Waals surface area contributed by atoms with Crippen LogP contribution in [0.2, 0.25) is 5.02 Å². The lowest BCUT2D eigenvalue weighted by atomic mass is 10.2. The van der Waals surface area contributed by atoms with Crippen molar-refractivity contribution in [3.63, 3.8) is 0 Å². The Morgan fingerprint density at radius 3 is 2.70 bits per heavy atom. The maximum atomic E-state index is 11.6. The highest BCUT2D eigenvalue weighted by atomic mass is 35.5. The number of ether oxygens (including phenoxy) is 2. The van der Waals surface area contributed by atoms with Gasteiger partial charge in [-0.3, -0.25) is 0 Å². The number of hydrogen-bond acceptors (Lipinski definition) is 4. The first-order valence-electron chi connectivity index (χ1n) is 6.89. The lowest BCUT2D eigenvalue weighted by Gasteiger charge is -2.09. The van der Waals surface area contributed by atoms with Gasteiger partial charge in [0.2, 0.25) is 0 Å². The summed E-state index contributed by atoms with van der Waals surface area (Å²) in [6.07, 6.45) is 4.52. The number of halogens is 1. The van der Waals surface area contributed by atoms with Crippen LogP contribution in [-0.4, -0.2) is 30.9 Å². The van der Waals surface area contributed by atoms with Gasteiger partial charge in [0.05, 0.1) is 23.8 Å². The lowest BCUT2D eigenvalue weighted by molar-refractivity contribution is 0.0433. The van der Waals surface area contributed by atoms with Gasteiger partial charge in [0.15, 0.2) is 0 Å². The molecule has 0 fully saturated rings. The van der Waals surface area contributed by atoms with E-state index in [9.17, 15) is 4.79 Å². The minimum atomic E-state index is -0.504. The van der Waals surface area contributed by atoms with Gasteiger partial charge in [-0.15, -0.1) is 0 Å². The molecule has 5 heteroatoms. The molecule has 112 valence electrons. The molecule has 20 heavy (non-hydrogen) atoms. The second-order valence-electron chi connectivity index (χ2n) is 4.41. The molecule has 1 aromatic carbocycles. The van der Waals surface area contributed by atoms with Crippen LogP contribution in [0.1, 0.15) is 43.0 Å². The normalized spacial score (nSPS) is 10.3. The van der Waals surface area contributed by atoms with Crippen LogP contribution in [0.4, 0.5) is 0 Å². The van der Waals surface area contributed by atoms with Crippen molar-refractivity contribution in [2.24, 2.45) is 0 Å². The largest absolute Gasteiger partial charge is 0.492 e. The average molecular weight is 301 g/mol. The lowest BCUT2D eigenvalue weighted by Crippen LogP contribution is -2.09. The minimum absolute atomic E-state index is 0.0217. The average Bonchev–Trinajstić information content (AvgIpc) is 2.46. The summed E-state index contributed by atoms with van der Waals surface area (Å²) in [5.74, 6) is 0.0670. The van der Waals surface area contributed by atoms with Crippen LogP contribution < -0.4 is 4.74 Å². The summed E-state index contributed by atoms with van der Waals surface area (Å²) >= 11 is 6.07. The zero-order valence-corrected chi connectivity index (χ0v) is 12.5. The molecule has 0 heterocycles. The second-order valence-corrected chi connectivity index (χ2v) is 4.82. The van der Waals surface area contributed by atoms with E-state index in [0.29, 0.717) is 22.9 Å². The Hall–Kier alpha value is -1.26. The number of unbranched alkanes of at least 4 members (excludes halogenated alkanes) is 3. The van der Waals surface area contributed by atoms with E-state index in [2.05, 4.69) is 6.92 Å². The summed E-state index contributed by atoms with van der Waals surface area (Å²) in [4.78, 5) is 11.6. The maximum absolute atomic E-state index is 11.6. The highest BCUT2D eigenvalue weighted by Gasteiger charge is 2.10. The molecular formula is C15H21ClO4. The number of hydrogen-bond donors (Lipinski definition) is 1. The molecule has 0 aliphatic rings. The van der Waals surface area contributed by atoms with Crippen molar-refractivity contribution < 1.29 is 19.4 Å². The van der Waals surface area contributed by atoms with E-state index in [1.807, 2.05) is 0 Å². The van der Waals surface area contributed by atoms with Crippen LogP contribution in [0.5, 0.6) is 5.75 Å². The molecule has 0 unspecified atom stereocenters. The van der Waals surface area contributed by atoms with Crippen molar-refractivity contribution >= 4 is 17.6 Å². The first-order chi connectivity index (χ1) is 9.69. The van der Waals surface area contributed by atoms with Crippen LogP contribution >= 0.6 is 11.6 Å². The Morgan fingerprint density at radius 1 is 1.25 bits per heavy atom. The Kier molecular flexibility index (Phi) is 8.07. The SMILES string of the molecule is CCCCCCOc1ccc(C(=O)OCCO)cc1Cl. The van der Waals surface area contributed by atoms with Gasteiger partial charge in [0.1, 0.15) is 12.4 Å². The molecule has 1 N–H and O–H groups in total. The number of rotatable bonds is 9. The fourth-order valence-electron chi connectivity index (χ4n) is 1.68. The van der Waals surface area contributed by atoms with Crippen LogP contribution in [0, 0.1) is 0 Å². The van der Waals surface area contributed by atoms with Gasteiger partial charge in [0.25, 0.3) is 0 Å². The third-order valence-corrected chi connectivity index (χ3v) is 3.04. The number of esters is 1. The highest BCUT2D eigenvalue weighted by molar-refractivity contribution is 6.32. The van der Waals surface area contributed by atoms with Gasteiger partial charge in [-0.05, 0) is 24.6 Å². The Bertz CT molecular complexity index is 420. The van der Waals surface area contributed by atoms with E-state index in [4.69, 9.17) is 26.2 Å². The van der Waals surface area contributed by atoms with Gasteiger partial charge in [0, 0.05) is 0 Å². The predicted molar refractivity (Wildman–Crippen MR) is 78.5 cm³/mol. The maximum Gasteiger partial charge on any atom is 0.338 e. The van der Waals surface area contributed by atoms with E-state index in [0.717, 1.165) is 12.8 Å². The van der Waals surface area contributed by atoms with Gasteiger partial charge in [-0.25, -0.2) is 4.79 Å². The molecule has 0 amide bonds. The molecule has 1 aromatic rings. The summed E-state index contributed by atoms with van der Waals surface area (Å²) in [6, 6.07) is 4.79. The topological polar surface area (TPSA) is 55.8 Å². The van der Waals surface area contributed by atoms with Crippen molar-refractivity contribution in [3.05, 3.63) is 28.8 Å². The van der Waals surface area contributed by atoms with Gasteiger partial charge in [-0.1, -0.05) is 37.8 Å². The fraction of sp³-hybridized carbons (Fsp3) is 0.533. The molecule has 0 aliphatic carbocycles. The predicted octanol–water partition coefficient (Wildman–Crippen LogP) is 3.45. The first-order valence-corrected chi connectivity index (χ1v) is 7.27. The van der Waals surface area contributed by atoms with E-state index >= 15 is 0 Å². The van der Waals surface area contributed by atoms with E-state index in [1.54, 1.807) is 12.1 Å². The molecule has 4 nitrogen and oxygen atoms in total. The Labute approximate surface area is 124 Å². The second kappa shape index (κ2) is 9.61. The molecule has 0 saturated heterocycles. The van der Waals surface area contributed by atoms with Crippen molar-refractivity contribution in [1.29, 1.82) is 0 Å². The number of benzene rings is 1. The smallest absolute Gasteiger partial charge is 0.338 e. The number of aliphatic hydroxyl groups excluding tert-OH is 1. The zero-order valence-electron chi connectivity index (χ0n) is 11.7. The number of aliphatic hydroxyl groups is 1. The molecule has 0 bridgehead atoms. The summed E-state index contributed by atoms with van der Waals surface area (Å²) < 4.78 is 10.4. The molecule has 1 rings (SSSR count). The molecule has 0 saturated carbocycles. The highest BCUT2D eigenvalue weighted by Crippen LogP contribution is 2.26. The molecule has 0 aromatic heterocycles. The van der Waals surface area contributed by atoms with Gasteiger partial charge in [-0.2, -0.15) is 0 Å².